The topological polar surface area (TPSA) is 74.6 Å². The molecule has 24 heavy (non-hydrogen) atoms. The predicted octanol–water partition coefficient (Wildman–Crippen LogP) is 3.50. The Hall–Kier alpha value is -1.42. The molecule has 0 aromatic heterocycles. The van der Waals surface area contributed by atoms with Crippen molar-refractivity contribution >= 4 is 12.3 Å². The van der Waals surface area contributed by atoms with Crippen LogP contribution in [-0.4, -0.2) is 28.6 Å². The lowest BCUT2D eigenvalue weighted by Gasteiger charge is -2.51. The zero-order valence-electron chi connectivity index (χ0n) is 14.8. The maximum absolute atomic E-state index is 12.2. The predicted molar refractivity (Wildman–Crippen MR) is 91.4 cm³/mol. The maximum Gasteiger partial charge on any atom is 0.313 e. The van der Waals surface area contributed by atoms with E-state index in [2.05, 4.69) is 20.8 Å². The van der Waals surface area contributed by atoms with Gasteiger partial charge in [-0.2, -0.15) is 0 Å². The van der Waals surface area contributed by atoms with E-state index in [0.717, 1.165) is 18.3 Å². The van der Waals surface area contributed by atoms with Crippen molar-refractivity contribution in [2.45, 2.75) is 65.4 Å². The van der Waals surface area contributed by atoms with E-state index in [9.17, 15) is 19.8 Å². The lowest BCUT2D eigenvalue weighted by Crippen LogP contribution is -2.49. The number of hydrogen-bond donors (Lipinski definition) is 2. The molecule has 2 N–H and O–H groups in total. The number of rotatable bonds is 3. The first-order valence-electron chi connectivity index (χ1n) is 9.05. The van der Waals surface area contributed by atoms with Crippen molar-refractivity contribution < 1.29 is 19.8 Å². The molecule has 1 fully saturated rings. The van der Waals surface area contributed by atoms with Crippen molar-refractivity contribution in [1.82, 2.24) is 0 Å². The van der Waals surface area contributed by atoms with E-state index in [0.29, 0.717) is 43.6 Å². The highest BCUT2D eigenvalue weighted by molar-refractivity contribution is 5.81. The second kappa shape index (κ2) is 5.83. The van der Waals surface area contributed by atoms with Crippen LogP contribution in [0.2, 0.25) is 0 Å². The van der Waals surface area contributed by atoms with E-state index in [4.69, 9.17) is 0 Å². The van der Waals surface area contributed by atoms with Crippen LogP contribution in [0.25, 0.3) is 0 Å². The molecule has 0 amide bonds. The number of carbonyl (C=O) groups is 2. The van der Waals surface area contributed by atoms with E-state index in [1.165, 1.54) is 5.57 Å². The first-order chi connectivity index (χ1) is 11.3. The zero-order chi connectivity index (χ0) is 17.7. The summed E-state index contributed by atoms with van der Waals surface area (Å²) in [6, 6.07) is 0. The van der Waals surface area contributed by atoms with Gasteiger partial charge < -0.3 is 10.2 Å². The summed E-state index contributed by atoms with van der Waals surface area (Å²) in [6.07, 6.45) is 5.99. The molecule has 1 saturated carbocycles. The van der Waals surface area contributed by atoms with Gasteiger partial charge >= 0.3 is 5.97 Å². The largest absolute Gasteiger partial charge is 0.481 e. The Balaban J connectivity index is 2.17. The van der Waals surface area contributed by atoms with Crippen molar-refractivity contribution in [3.63, 3.8) is 0 Å². The number of carboxylic acid groups (broad SMARTS) is 1. The SMILES string of the molecule is CC(C)C1=C2[C@H]3CC=C(C=O)CC(O)[C@]3(C)CC[C@@]2(C(=O)O)CC1. The average Bonchev–Trinajstić information content (AvgIpc) is 2.88. The molecule has 3 aliphatic rings. The van der Waals surface area contributed by atoms with Crippen LogP contribution in [0.5, 0.6) is 0 Å². The summed E-state index contributed by atoms with van der Waals surface area (Å²) >= 11 is 0. The fourth-order valence-electron chi connectivity index (χ4n) is 5.35. The van der Waals surface area contributed by atoms with Gasteiger partial charge in [-0.25, -0.2) is 0 Å². The molecule has 3 rings (SSSR count). The second-order valence-corrected chi connectivity index (χ2v) is 8.39. The summed E-state index contributed by atoms with van der Waals surface area (Å²) < 4.78 is 0. The average molecular weight is 332 g/mol. The quantitative estimate of drug-likeness (QED) is 0.613. The number of allylic oxidation sites excluding steroid dienone is 2. The molecule has 4 atom stereocenters. The summed E-state index contributed by atoms with van der Waals surface area (Å²) in [5.41, 5.74) is 1.86. The minimum atomic E-state index is -0.761. The summed E-state index contributed by atoms with van der Waals surface area (Å²) in [4.78, 5) is 23.5. The van der Waals surface area contributed by atoms with Gasteiger partial charge in [-0.1, -0.05) is 32.4 Å². The summed E-state index contributed by atoms with van der Waals surface area (Å²) in [7, 11) is 0. The van der Waals surface area contributed by atoms with Crippen molar-refractivity contribution in [3.8, 4) is 0 Å². The fraction of sp³-hybridized carbons (Fsp3) is 0.700. The summed E-state index contributed by atoms with van der Waals surface area (Å²) in [6.45, 7) is 6.34. The molecule has 132 valence electrons. The van der Waals surface area contributed by atoms with Gasteiger partial charge in [0.15, 0.2) is 0 Å². The van der Waals surface area contributed by atoms with E-state index in [-0.39, 0.29) is 11.3 Å². The van der Waals surface area contributed by atoms with E-state index < -0.39 is 17.5 Å². The van der Waals surface area contributed by atoms with Crippen LogP contribution in [0, 0.1) is 22.7 Å². The Morgan fingerprint density at radius 1 is 1.33 bits per heavy atom. The van der Waals surface area contributed by atoms with Gasteiger partial charge in [0.1, 0.15) is 6.29 Å². The summed E-state index contributed by atoms with van der Waals surface area (Å²) in [5.74, 6) is -0.387. The first-order valence-corrected chi connectivity index (χ1v) is 9.05. The second-order valence-electron chi connectivity index (χ2n) is 8.39. The molecular weight excluding hydrogens is 304 g/mol. The Morgan fingerprint density at radius 2 is 2.04 bits per heavy atom. The highest BCUT2D eigenvalue weighted by Gasteiger charge is 2.59. The van der Waals surface area contributed by atoms with Crippen molar-refractivity contribution in [1.29, 1.82) is 0 Å². The molecule has 0 bridgehead atoms. The van der Waals surface area contributed by atoms with Gasteiger partial charge in [-0.3, -0.25) is 9.59 Å². The molecule has 0 aromatic carbocycles. The molecule has 0 heterocycles. The molecule has 4 heteroatoms. The normalized spacial score (nSPS) is 39.1. The highest BCUT2D eigenvalue weighted by atomic mass is 16.4. The van der Waals surface area contributed by atoms with Crippen molar-refractivity contribution in [2.24, 2.45) is 22.7 Å². The Morgan fingerprint density at radius 3 is 2.62 bits per heavy atom. The van der Waals surface area contributed by atoms with Crippen LogP contribution in [0.4, 0.5) is 0 Å². The maximum atomic E-state index is 12.2. The molecule has 4 nitrogen and oxygen atoms in total. The van der Waals surface area contributed by atoms with Crippen LogP contribution < -0.4 is 0 Å². The standard InChI is InChI=1S/C20H28O4/c1-12(2)14-6-7-20(18(23)24)9-8-19(3)15(17(14)20)5-4-13(11-21)10-16(19)22/h4,11-12,15-16,22H,5-10H2,1-3H3,(H,23,24)/t15-,16?,19-,20+/m1/s1. The molecule has 0 saturated heterocycles. The Bertz CT molecular complexity index is 630. The number of fused-ring (bicyclic) bond motifs is 3. The number of carboxylic acids is 1. The van der Waals surface area contributed by atoms with Crippen LogP contribution in [0.1, 0.15) is 59.3 Å². The van der Waals surface area contributed by atoms with Gasteiger partial charge in [-0.15, -0.1) is 0 Å². The van der Waals surface area contributed by atoms with Crippen LogP contribution in [0.3, 0.4) is 0 Å². The van der Waals surface area contributed by atoms with E-state index in [1.54, 1.807) is 0 Å². The smallest absolute Gasteiger partial charge is 0.313 e. The minimum Gasteiger partial charge on any atom is -0.481 e. The molecule has 0 aromatic rings. The number of aliphatic hydroxyl groups excluding tert-OH is 1. The third-order valence-electron chi connectivity index (χ3n) is 6.98. The lowest BCUT2D eigenvalue weighted by atomic mass is 9.53. The Kier molecular flexibility index (Phi) is 4.23. The summed E-state index contributed by atoms with van der Waals surface area (Å²) in [5, 5.41) is 20.9. The Labute approximate surface area is 143 Å². The number of hydrogen-bond acceptors (Lipinski definition) is 3. The van der Waals surface area contributed by atoms with Gasteiger partial charge in [-0.05, 0) is 55.1 Å². The van der Waals surface area contributed by atoms with Crippen LogP contribution in [0.15, 0.2) is 22.8 Å². The molecule has 0 aliphatic heterocycles. The third kappa shape index (κ3) is 2.30. The van der Waals surface area contributed by atoms with Gasteiger partial charge in [0.25, 0.3) is 0 Å². The number of carbonyl (C=O) groups excluding carboxylic acids is 1. The monoisotopic (exact) mass is 332 g/mol. The molecule has 0 radical (unpaired) electrons. The van der Waals surface area contributed by atoms with Crippen molar-refractivity contribution in [2.75, 3.05) is 0 Å². The molecule has 1 unspecified atom stereocenters. The fourth-order valence-corrected chi connectivity index (χ4v) is 5.35. The highest BCUT2D eigenvalue weighted by Crippen LogP contribution is 2.63. The molecular formula is C20H28O4. The van der Waals surface area contributed by atoms with Crippen LogP contribution >= 0.6 is 0 Å². The van der Waals surface area contributed by atoms with Gasteiger partial charge in [0, 0.05) is 11.8 Å². The van der Waals surface area contributed by atoms with Crippen molar-refractivity contribution in [3.05, 3.63) is 22.8 Å². The van der Waals surface area contributed by atoms with Gasteiger partial charge in [0.2, 0.25) is 0 Å². The molecule has 3 aliphatic carbocycles. The van der Waals surface area contributed by atoms with E-state index in [1.807, 2.05) is 6.08 Å². The number of aliphatic hydroxyl groups is 1. The zero-order valence-corrected chi connectivity index (χ0v) is 14.8. The first kappa shape index (κ1) is 17.4. The lowest BCUT2D eigenvalue weighted by molar-refractivity contribution is -0.151. The van der Waals surface area contributed by atoms with Gasteiger partial charge in [0.05, 0.1) is 11.5 Å². The third-order valence-corrected chi connectivity index (χ3v) is 6.98. The number of aldehydes is 1. The van der Waals surface area contributed by atoms with E-state index >= 15 is 0 Å². The number of aliphatic carboxylic acids is 1. The van der Waals surface area contributed by atoms with Crippen LogP contribution in [-0.2, 0) is 9.59 Å². The minimum absolute atomic E-state index is 0.00898. The molecule has 0 spiro atoms.